The highest BCUT2D eigenvalue weighted by atomic mass is 16.1. The van der Waals surface area contributed by atoms with E-state index in [1.54, 1.807) is 35.0 Å². The Bertz CT molecular complexity index is 648. The van der Waals surface area contributed by atoms with Gasteiger partial charge in [-0.15, -0.1) is 0 Å². The van der Waals surface area contributed by atoms with E-state index in [0.717, 1.165) is 11.4 Å². The summed E-state index contributed by atoms with van der Waals surface area (Å²) < 4.78 is 1.64. The summed E-state index contributed by atoms with van der Waals surface area (Å²) in [7, 11) is 0. The number of nitriles is 1. The number of H-pyrrole nitrogens is 1. The molecule has 1 heterocycles. The molecule has 0 aliphatic carbocycles. The normalized spacial score (nSPS) is 11.2. The van der Waals surface area contributed by atoms with Gasteiger partial charge in [-0.05, 0) is 24.3 Å². The molecule has 0 radical (unpaired) electrons. The Morgan fingerprint density at radius 3 is 2.33 bits per heavy atom. The summed E-state index contributed by atoms with van der Waals surface area (Å²) in [5.74, 6) is 0. The topological polar surface area (TPSA) is 61.6 Å². The molecule has 0 atom stereocenters. The maximum absolute atomic E-state index is 11.9. The zero-order chi connectivity index (χ0) is 13.3. The van der Waals surface area contributed by atoms with Crippen LogP contribution in [0.15, 0.2) is 35.3 Å². The summed E-state index contributed by atoms with van der Waals surface area (Å²) in [6.07, 6.45) is 1.74. The molecule has 1 aromatic carbocycles. The second-order valence-corrected chi connectivity index (χ2v) is 5.22. The number of imidazole rings is 1. The minimum atomic E-state index is -0.162. The molecule has 4 nitrogen and oxygen atoms in total. The number of nitrogens with one attached hydrogen (secondary N) is 1. The van der Waals surface area contributed by atoms with Crippen LogP contribution in [0.4, 0.5) is 0 Å². The molecule has 0 saturated heterocycles. The molecular formula is C14H15N3O. The molecule has 0 spiro atoms. The van der Waals surface area contributed by atoms with E-state index >= 15 is 0 Å². The van der Waals surface area contributed by atoms with E-state index in [2.05, 4.69) is 31.8 Å². The SMILES string of the molecule is CC(C)(C)c1c[nH]c(=O)n1-c1ccc(C#N)cc1. The smallest absolute Gasteiger partial charge is 0.312 e. The second kappa shape index (κ2) is 4.19. The predicted octanol–water partition coefficient (Wildman–Crippen LogP) is 2.33. The fraction of sp³-hybridized carbons (Fsp3) is 0.286. The Balaban J connectivity index is 2.60. The van der Waals surface area contributed by atoms with E-state index in [0.29, 0.717) is 5.56 Å². The summed E-state index contributed by atoms with van der Waals surface area (Å²) in [4.78, 5) is 14.6. The molecule has 0 unspecified atom stereocenters. The molecule has 2 aromatic rings. The van der Waals surface area contributed by atoms with Crippen molar-refractivity contribution in [1.29, 1.82) is 5.26 Å². The standard InChI is InChI=1S/C14H15N3O/c1-14(2,3)12-9-16-13(18)17(12)11-6-4-10(8-15)5-7-11/h4-7,9H,1-3H3,(H,16,18). The lowest BCUT2D eigenvalue weighted by Crippen LogP contribution is -2.23. The van der Waals surface area contributed by atoms with Gasteiger partial charge in [0.15, 0.2) is 0 Å². The van der Waals surface area contributed by atoms with Crippen molar-refractivity contribution in [1.82, 2.24) is 9.55 Å². The van der Waals surface area contributed by atoms with E-state index in [9.17, 15) is 4.79 Å². The third kappa shape index (κ3) is 2.07. The van der Waals surface area contributed by atoms with Gasteiger partial charge in [0.1, 0.15) is 0 Å². The first-order valence-electron chi connectivity index (χ1n) is 5.75. The van der Waals surface area contributed by atoms with Gasteiger partial charge in [0.25, 0.3) is 0 Å². The number of aromatic amines is 1. The van der Waals surface area contributed by atoms with Crippen molar-refractivity contribution in [3.8, 4) is 11.8 Å². The first-order chi connectivity index (χ1) is 8.43. The molecule has 4 heteroatoms. The molecule has 0 aliphatic rings. The van der Waals surface area contributed by atoms with E-state index < -0.39 is 0 Å². The van der Waals surface area contributed by atoms with Crippen LogP contribution in [0.3, 0.4) is 0 Å². The summed E-state index contributed by atoms with van der Waals surface area (Å²) in [6, 6.07) is 9.04. The highest BCUT2D eigenvalue weighted by molar-refractivity contribution is 5.41. The van der Waals surface area contributed by atoms with Crippen LogP contribution in [0.25, 0.3) is 5.69 Å². The summed E-state index contributed by atoms with van der Waals surface area (Å²) in [6.45, 7) is 6.15. The zero-order valence-electron chi connectivity index (χ0n) is 10.7. The zero-order valence-corrected chi connectivity index (χ0v) is 10.7. The summed E-state index contributed by atoms with van der Waals surface area (Å²) in [5, 5.41) is 8.77. The first-order valence-corrected chi connectivity index (χ1v) is 5.75. The third-order valence-electron chi connectivity index (χ3n) is 2.80. The van der Waals surface area contributed by atoms with Gasteiger partial charge < -0.3 is 4.98 Å². The van der Waals surface area contributed by atoms with Crippen molar-refractivity contribution in [2.45, 2.75) is 26.2 Å². The number of nitrogens with zero attached hydrogens (tertiary/aromatic N) is 2. The lowest BCUT2D eigenvalue weighted by Gasteiger charge is -2.20. The van der Waals surface area contributed by atoms with Crippen LogP contribution in [-0.4, -0.2) is 9.55 Å². The van der Waals surface area contributed by atoms with Crippen LogP contribution in [-0.2, 0) is 5.41 Å². The van der Waals surface area contributed by atoms with Crippen LogP contribution in [0.2, 0.25) is 0 Å². The van der Waals surface area contributed by atoms with Crippen molar-refractivity contribution >= 4 is 0 Å². The molecule has 0 aliphatic heterocycles. The van der Waals surface area contributed by atoms with Gasteiger partial charge in [0.05, 0.1) is 17.3 Å². The van der Waals surface area contributed by atoms with Crippen LogP contribution >= 0.6 is 0 Å². The first kappa shape index (κ1) is 12.2. The van der Waals surface area contributed by atoms with Crippen molar-refractivity contribution in [2.24, 2.45) is 0 Å². The summed E-state index contributed by atoms with van der Waals surface area (Å²) >= 11 is 0. The molecular weight excluding hydrogens is 226 g/mol. The molecule has 1 N–H and O–H groups in total. The van der Waals surface area contributed by atoms with Crippen LogP contribution in [0, 0.1) is 11.3 Å². The van der Waals surface area contributed by atoms with E-state index in [-0.39, 0.29) is 11.1 Å². The average molecular weight is 241 g/mol. The third-order valence-corrected chi connectivity index (χ3v) is 2.80. The molecule has 2 rings (SSSR count). The summed E-state index contributed by atoms with van der Waals surface area (Å²) in [5.41, 5.74) is 1.97. The van der Waals surface area contributed by atoms with Crippen molar-refractivity contribution in [3.05, 3.63) is 52.2 Å². The van der Waals surface area contributed by atoms with Crippen molar-refractivity contribution in [3.63, 3.8) is 0 Å². The number of benzene rings is 1. The lowest BCUT2D eigenvalue weighted by atomic mass is 9.92. The molecule has 1 aromatic heterocycles. The Hall–Kier alpha value is -2.28. The second-order valence-electron chi connectivity index (χ2n) is 5.22. The Kier molecular flexibility index (Phi) is 2.84. The van der Waals surface area contributed by atoms with E-state index in [1.165, 1.54) is 0 Å². The van der Waals surface area contributed by atoms with Gasteiger partial charge in [-0.1, -0.05) is 20.8 Å². The number of hydrogen-bond acceptors (Lipinski definition) is 2. The fourth-order valence-electron chi connectivity index (χ4n) is 1.86. The molecule has 0 saturated carbocycles. The number of hydrogen-bond donors (Lipinski definition) is 1. The highest BCUT2D eigenvalue weighted by Crippen LogP contribution is 2.23. The van der Waals surface area contributed by atoms with Gasteiger partial charge in [-0.3, -0.25) is 4.57 Å². The monoisotopic (exact) mass is 241 g/mol. The minimum absolute atomic E-state index is 0.132. The Morgan fingerprint density at radius 2 is 1.83 bits per heavy atom. The van der Waals surface area contributed by atoms with E-state index in [4.69, 9.17) is 5.26 Å². The van der Waals surface area contributed by atoms with Gasteiger partial charge in [-0.25, -0.2) is 4.79 Å². The molecule has 0 fully saturated rings. The molecule has 18 heavy (non-hydrogen) atoms. The lowest BCUT2D eigenvalue weighted by molar-refractivity contribution is 0.554. The predicted molar refractivity (Wildman–Crippen MR) is 69.8 cm³/mol. The molecule has 0 bridgehead atoms. The van der Waals surface area contributed by atoms with Crippen LogP contribution in [0.1, 0.15) is 32.0 Å². The molecule has 0 amide bonds. The highest BCUT2D eigenvalue weighted by Gasteiger charge is 2.21. The number of aromatic nitrogens is 2. The maximum Gasteiger partial charge on any atom is 0.330 e. The van der Waals surface area contributed by atoms with Crippen molar-refractivity contribution in [2.75, 3.05) is 0 Å². The average Bonchev–Trinajstić information content (AvgIpc) is 2.71. The minimum Gasteiger partial charge on any atom is -0.312 e. The molecule has 92 valence electrons. The van der Waals surface area contributed by atoms with Crippen LogP contribution < -0.4 is 5.69 Å². The van der Waals surface area contributed by atoms with Gasteiger partial charge >= 0.3 is 5.69 Å². The Labute approximate surface area is 106 Å². The van der Waals surface area contributed by atoms with E-state index in [1.807, 2.05) is 0 Å². The van der Waals surface area contributed by atoms with Gasteiger partial charge in [-0.2, -0.15) is 5.26 Å². The quantitative estimate of drug-likeness (QED) is 0.833. The number of rotatable bonds is 1. The van der Waals surface area contributed by atoms with Crippen molar-refractivity contribution < 1.29 is 0 Å². The fourth-order valence-corrected chi connectivity index (χ4v) is 1.86. The van der Waals surface area contributed by atoms with Gasteiger partial charge in [0.2, 0.25) is 0 Å². The largest absolute Gasteiger partial charge is 0.330 e. The van der Waals surface area contributed by atoms with Gasteiger partial charge in [0, 0.05) is 17.3 Å². The Morgan fingerprint density at radius 1 is 1.22 bits per heavy atom. The van der Waals surface area contributed by atoms with Crippen LogP contribution in [0.5, 0.6) is 0 Å². The maximum atomic E-state index is 11.9.